The van der Waals surface area contributed by atoms with Crippen LogP contribution in [0, 0.1) is 12.7 Å². The van der Waals surface area contributed by atoms with Crippen LogP contribution in [0.3, 0.4) is 0 Å². The Labute approximate surface area is 114 Å². The molecule has 0 saturated carbocycles. The Morgan fingerprint density at radius 3 is 2.37 bits per heavy atom. The summed E-state index contributed by atoms with van der Waals surface area (Å²) in [6, 6.07) is 15.4. The molecular formula is C17H20FN. The number of aryl methyl sites for hydroxylation is 1. The number of rotatable bonds is 5. The van der Waals surface area contributed by atoms with Crippen molar-refractivity contribution in [2.75, 3.05) is 6.54 Å². The van der Waals surface area contributed by atoms with Crippen molar-refractivity contribution >= 4 is 0 Å². The van der Waals surface area contributed by atoms with Gasteiger partial charge in [-0.05, 0) is 31.5 Å². The lowest BCUT2D eigenvalue weighted by molar-refractivity contribution is 0.510. The van der Waals surface area contributed by atoms with Gasteiger partial charge in [-0.2, -0.15) is 0 Å². The van der Waals surface area contributed by atoms with E-state index in [0.29, 0.717) is 0 Å². The van der Waals surface area contributed by atoms with Crippen LogP contribution in [0.2, 0.25) is 0 Å². The molecule has 0 fully saturated rings. The van der Waals surface area contributed by atoms with Crippen LogP contribution in [0.25, 0.3) is 0 Å². The van der Waals surface area contributed by atoms with Crippen molar-refractivity contribution < 1.29 is 4.39 Å². The molecule has 2 heteroatoms. The second-order valence-corrected chi connectivity index (χ2v) is 4.82. The van der Waals surface area contributed by atoms with Gasteiger partial charge in [-0.15, -0.1) is 0 Å². The standard InChI is InChI=1S/C17H20FN/c1-3-19-17(15-6-4-5-7-16(15)18)12-14-10-8-13(2)9-11-14/h4-11,17,19H,3,12H2,1-2H3. The van der Waals surface area contributed by atoms with Gasteiger partial charge in [0.05, 0.1) is 0 Å². The lowest BCUT2D eigenvalue weighted by Crippen LogP contribution is -2.23. The summed E-state index contributed by atoms with van der Waals surface area (Å²) < 4.78 is 13.9. The van der Waals surface area contributed by atoms with Crippen LogP contribution < -0.4 is 5.32 Å². The molecule has 19 heavy (non-hydrogen) atoms. The molecule has 0 heterocycles. The van der Waals surface area contributed by atoms with Crippen molar-refractivity contribution in [2.24, 2.45) is 0 Å². The van der Waals surface area contributed by atoms with Gasteiger partial charge in [-0.1, -0.05) is 55.0 Å². The van der Waals surface area contributed by atoms with Gasteiger partial charge in [0.1, 0.15) is 5.82 Å². The maximum atomic E-state index is 13.9. The molecule has 1 atom stereocenters. The molecule has 0 radical (unpaired) electrons. The quantitative estimate of drug-likeness (QED) is 0.852. The van der Waals surface area contributed by atoms with Crippen LogP contribution in [-0.2, 0) is 6.42 Å². The highest BCUT2D eigenvalue weighted by atomic mass is 19.1. The summed E-state index contributed by atoms with van der Waals surface area (Å²) in [5.74, 6) is -0.138. The molecule has 2 aromatic carbocycles. The zero-order valence-electron chi connectivity index (χ0n) is 11.5. The predicted octanol–water partition coefficient (Wildman–Crippen LogP) is 4.03. The highest BCUT2D eigenvalue weighted by Gasteiger charge is 2.14. The second-order valence-electron chi connectivity index (χ2n) is 4.82. The van der Waals surface area contributed by atoms with Crippen molar-refractivity contribution in [3.05, 3.63) is 71.0 Å². The SMILES string of the molecule is CCNC(Cc1ccc(C)cc1)c1ccccc1F. The second kappa shape index (κ2) is 6.48. The van der Waals surface area contributed by atoms with Crippen molar-refractivity contribution in [3.63, 3.8) is 0 Å². The van der Waals surface area contributed by atoms with E-state index in [1.165, 1.54) is 17.2 Å². The fourth-order valence-electron chi connectivity index (χ4n) is 2.26. The van der Waals surface area contributed by atoms with E-state index in [1.54, 1.807) is 6.07 Å². The first kappa shape index (κ1) is 13.8. The maximum absolute atomic E-state index is 13.9. The third kappa shape index (κ3) is 3.65. The van der Waals surface area contributed by atoms with Gasteiger partial charge in [0.25, 0.3) is 0 Å². The Hall–Kier alpha value is -1.67. The molecule has 2 rings (SSSR count). The number of nitrogens with one attached hydrogen (secondary N) is 1. The first-order chi connectivity index (χ1) is 9.20. The van der Waals surface area contributed by atoms with Crippen molar-refractivity contribution in [1.29, 1.82) is 0 Å². The fourth-order valence-corrected chi connectivity index (χ4v) is 2.26. The molecule has 100 valence electrons. The molecule has 0 amide bonds. The summed E-state index contributed by atoms with van der Waals surface area (Å²) in [5.41, 5.74) is 3.21. The van der Waals surface area contributed by atoms with Crippen LogP contribution >= 0.6 is 0 Å². The van der Waals surface area contributed by atoms with E-state index < -0.39 is 0 Å². The monoisotopic (exact) mass is 257 g/mol. The zero-order valence-corrected chi connectivity index (χ0v) is 11.5. The highest BCUT2D eigenvalue weighted by Crippen LogP contribution is 2.21. The molecule has 2 aromatic rings. The minimum atomic E-state index is -0.138. The Morgan fingerprint density at radius 1 is 1.05 bits per heavy atom. The van der Waals surface area contributed by atoms with Crippen molar-refractivity contribution in [1.82, 2.24) is 5.32 Å². The predicted molar refractivity (Wildman–Crippen MR) is 77.7 cm³/mol. The molecular weight excluding hydrogens is 237 g/mol. The molecule has 0 aliphatic carbocycles. The van der Waals surface area contributed by atoms with Gasteiger partial charge in [0.2, 0.25) is 0 Å². The molecule has 1 N–H and O–H groups in total. The van der Waals surface area contributed by atoms with Gasteiger partial charge in [0.15, 0.2) is 0 Å². The van der Waals surface area contributed by atoms with Crippen LogP contribution in [0.4, 0.5) is 4.39 Å². The lowest BCUT2D eigenvalue weighted by Gasteiger charge is -2.19. The lowest BCUT2D eigenvalue weighted by atomic mass is 9.98. The van der Waals surface area contributed by atoms with Crippen LogP contribution in [0.5, 0.6) is 0 Å². The molecule has 0 spiro atoms. The number of halogens is 1. The van der Waals surface area contributed by atoms with Crippen molar-refractivity contribution in [2.45, 2.75) is 26.3 Å². The van der Waals surface area contributed by atoms with Crippen LogP contribution in [-0.4, -0.2) is 6.54 Å². The average Bonchev–Trinajstić information content (AvgIpc) is 2.41. The van der Waals surface area contributed by atoms with E-state index in [9.17, 15) is 4.39 Å². The van der Waals surface area contributed by atoms with Crippen molar-refractivity contribution in [3.8, 4) is 0 Å². The van der Waals surface area contributed by atoms with Crippen LogP contribution in [0.1, 0.15) is 29.7 Å². The zero-order chi connectivity index (χ0) is 13.7. The van der Waals surface area contributed by atoms with Gasteiger partial charge in [-0.3, -0.25) is 0 Å². The normalized spacial score (nSPS) is 12.4. The number of hydrogen-bond donors (Lipinski definition) is 1. The average molecular weight is 257 g/mol. The van der Waals surface area contributed by atoms with E-state index in [0.717, 1.165) is 18.5 Å². The fraction of sp³-hybridized carbons (Fsp3) is 0.294. The van der Waals surface area contributed by atoms with E-state index in [2.05, 4.69) is 36.5 Å². The summed E-state index contributed by atoms with van der Waals surface area (Å²) in [6.07, 6.45) is 0.801. The summed E-state index contributed by atoms with van der Waals surface area (Å²) in [6.45, 7) is 4.94. The molecule has 1 unspecified atom stereocenters. The van der Waals surface area contributed by atoms with Gasteiger partial charge in [0, 0.05) is 11.6 Å². The molecule has 0 aromatic heterocycles. The number of hydrogen-bond acceptors (Lipinski definition) is 1. The largest absolute Gasteiger partial charge is 0.310 e. The van der Waals surface area contributed by atoms with E-state index in [1.807, 2.05) is 19.1 Å². The minimum Gasteiger partial charge on any atom is -0.310 e. The maximum Gasteiger partial charge on any atom is 0.127 e. The van der Waals surface area contributed by atoms with Crippen LogP contribution in [0.15, 0.2) is 48.5 Å². The topological polar surface area (TPSA) is 12.0 Å². The number of likely N-dealkylation sites (N-methyl/N-ethyl adjacent to an activating group) is 1. The van der Waals surface area contributed by atoms with Gasteiger partial charge in [-0.25, -0.2) is 4.39 Å². The van der Waals surface area contributed by atoms with Gasteiger partial charge < -0.3 is 5.32 Å². The number of benzene rings is 2. The summed E-state index contributed by atoms with van der Waals surface area (Å²) in [7, 11) is 0. The molecule has 0 aliphatic heterocycles. The van der Waals surface area contributed by atoms with E-state index in [-0.39, 0.29) is 11.9 Å². The third-order valence-corrected chi connectivity index (χ3v) is 3.29. The van der Waals surface area contributed by atoms with E-state index >= 15 is 0 Å². The third-order valence-electron chi connectivity index (χ3n) is 3.29. The summed E-state index contributed by atoms with van der Waals surface area (Å²) in [4.78, 5) is 0. The van der Waals surface area contributed by atoms with Gasteiger partial charge >= 0.3 is 0 Å². The Bertz CT molecular complexity index is 519. The summed E-state index contributed by atoms with van der Waals surface area (Å²) in [5, 5.41) is 3.36. The molecule has 0 bridgehead atoms. The first-order valence-electron chi connectivity index (χ1n) is 6.74. The first-order valence-corrected chi connectivity index (χ1v) is 6.74. The Balaban J connectivity index is 2.21. The molecule has 0 aliphatic rings. The summed E-state index contributed by atoms with van der Waals surface area (Å²) >= 11 is 0. The van der Waals surface area contributed by atoms with E-state index in [4.69, 9.17) is 0 Å². The highest BCUT2D eigenvalue weighted by molar-refractivity contribution is 5.27. The minimum absolute atomic E-state index is 0.0221. The Kier molecular flexibility index (Phi) is 4.69. The Morgan fingerprint density at radius 2 is 1.74 bits per heavy atom. The molecule has 1 nitrogen and oxygen atoms in total. The molecule has 0 saturated heterocycles. The smallest absolute Gasteiger partial charge is 0.127 e.